The zero-order valence-electron chi connectivity index (χ0n) is 6.99. The lowest BCUT2D eigenvalue weighted by Gasteiger charge is -1.90. The Labute approximate surface area is 62.9 Å². The highest BCUT2D eigenvalue weighted by atomic mass is 79.9. The van der Waals surface area contributed by atoms with Gasteiger partial charge in [0.25, 0.3) is 0 Å². The van der Waals surface area contributed by atoms with Gasteiger partial charge in [0.2, 0.25) is 0 Å². The molecular formula is C7H13Br. The molecule has 8 heavy (non-hydrogen) atoms. The van der Waals surface area contributed by atoms with Gasteiger partial charge >= 0.3 is 0 Å². The van der Waals surface area contributed by atoms with Gasteiger partial charge in [-0.15, -0.1) is 6.58 Å². The summed E-state index contributed by atoms with van der Waals surface area (Å²) in [5.74, 6) is 0. The van der Waals surface area contributed by atoms with Crippen LogP contribution in [-0.4, -0.2) is 5.33 Å². The molecule has 0 aliphatic rings. The second-order valence-electron chi connectivity index (χ2n) is 1.55. The van der Waals surface area contributed by atoms with E-state index >= 15 is 0 Å². The van der Waals surface area contributed by atoms with Crippen LogP contribution in [0.5, 0.6) is 0 Å². The molecule has 0 radical (unpaired) electrons. The van der Waals surface area contributed by atoms with Gasteiger partial charge < -0.3 is 0 Å². The van der Waals surface area contributed by atoms with Crippen molar-refractivity contribution in [1.29, 1.82) is 0 Å². The van der Waals surface area contributed by atoms with E-state index in [9.17, 15) is 0 Å². The molecule has 0 aromatic rings. The maximum absolute atomic E-state index is 7.29. The molecular weight excluding hydrogens is 164 g/mol. The molecule has 0 saturated heterocycles. The molecule has 0 aliphatic heterocycles. The van der Waals surface area contributed by atoms with Gasteiger partial charge in [0, 0.05) is 8.07 Å². The van der Waals surface area contributed by atoms with Crippen LogP contribution in [0.3, 0.4) is 0 Å². The van der Waals surface area contributed by atoms with Crippen molar-refractivity contribution in [1.82, 2.24) is 0 Å². The molecule has 0 aromatic heterocycles. The third-order valence-electron chi connectivity index (χ3n) is 0.849. The summed E-state index contributed by atoms with van der Waals surface area (Å²) < 4.78 is 14.6. The minimum atomic E-state index is -1.16. The lowest BCUT2D eigenvalue weighted by atomic mass is 10.2. The summed E-state index contributed by atoms with van der Waals surface area (Å²) in [6, 6.07) is 0. The summed E-state index contributed by atoms with van der Waals surface area (Å²) in [4.78, 5) is 0. The zero-order chi connectivity index (χ0) is 8.04. The molecule has 0 amide bonds. The maximum atomic E-state index is 7.29. The van der Waals surface area contributed by atoms with E-state index in [0.29, 0.717) is 6.42 Å². The minimum absolute atomic E-state index is 0.585. The molecule has 1 heteroatoms. The van der Waals surface area contributed by atoms with E-state index in [0.717, 1.165) is 18.2 Å². The molecule has 0 saturated carbocycles. The highest BCUT2D eigenvalue weighted by Gasteiger charge is 1.82. The first-order valence-corrected chi connectivity index (χ1v) is 3.94. The Morgan fingerprint density at radius 2 is 2.25 bits per heavy atom. The van der Waals surface area contributed by atoms with Crippen LogP contribution in [0.2, 0.25) is 0 Å². The first-order valence-electron chi connectivity index (χ1n) is 3.82. The summed E-state index contributed by atoms with van der Waals surface area (Å²) in [6.07, 6.45) is 2.75. The summed E-state index contributed by atoms with van der Waals surface area (Å²) in [6.45, 7) is 3.42. The molecule has 0 N–H and O–H groups in total. The van der Waals surface area contributed by atoms with Gasteiger partial charge in [-0.3, -0.25) is 0 Å². The average Bonchev–Trinajstić information content (AvgIpc) is 1.89. The summed E-state index contributed by atoms with van der Waals surface area (Å²) >= 11 is 3.29. The number of unbranched alkanes of at least 4 members (excludes halogenated alkanes) is 1. The summed E-state index contributed by atoms with van der Waals surface area (Å²) in [7, 11) is 0. The van der Waals surface area contributed by atoms with E-state index in [1.54, 1.807) is 0 Å². The standard InChI is InChI=1S/C7H13Br/c1-2-3-4-5-6-7-8/h2H,1,3-7H2/i3D2. The molecule has 0 unspecified atom stereocenters. The van der Waals surface area contributed by atoms with Gasteiger partial charge in [-0.05, 0) is 19.2 Å². The van der Waals surface area contributed by atoms with Crippen LogP contribution in [-0.2, 0) is 0 Å². The number of hydrogen-bond donors (Lipinski definition) is 0. The van der Waals surface area contributed by atoms with Crippen LogP contribution in [0.1, 0.15) is 28.4 Å². The summed E-state index contributed by atoms with van der Waals surface area (Å²) in [5, 5.41) is 0.959. The van der Waals surface area contributed by atoms with E-state index in [1.165, 1.54) is 6.08 Å². The molecule has 0 aliphatic carbocycles. The lowest BCUT2D eigenvalue weighted by molar-refractivity contribution is 0.737. The van der Waals surface area contributed by atoms with Crippen molar-refractivity contribution in [3.05, 3.63) is 12.7 Å². The third-order valence-corrected chi connectivity index (χ3v) is 1.41. The average molecular weight is 179 g/mol. The SMILES string of the molecule is [2H]C([2H])(C=C)CCCCBr. The van der Waals surface area contributed by atoms with Gasteiger partial charge in [-0.2, -0.15) is 0 Å². The number of alkyl halides is 1. The van der Waals surface area contributed by atoms with Crippen molar-refractivity contribution in [2.24, 2.45) is 0 Å². The first kappa shape index (κ1) is 5.04. The van der Waals surface area contributed by atoms with Crippen LogP contribution >= 0.6 is 15.9 Å². The normalized spacial score (nSPS) is 14.6. The van der Waals surface area contributed by atoms with Gasteiger partial charge in [-0.25, -0.2) is 0 Å². The quantitative estimate of drug-likeness (QED) is 0.345. The Morgan fingerprint density at radius 1 is 1.50 bits per heavy atom. The Balaban J connectivity index is 3.37. The molecule has 0 nitrogen and oxygen atoms in total. The molecule has 0 aromatic carbocycles. The fourth-order valence-corrected chi connectivity index (χ4v) is 0.820. The van der Waals surface area contributed by atoms with Crippen LogP contribution in [0.4, 0.5) is 0 Å². The Kier molecular flexibility index (Phi) is 4.55. The monoisotopic (exact) mass is 178 g/mol. The number of rotatable bonds is 5. The Hall–Kier alpha value is 0.220. The molecule has 0 heterocycles. The van der Waals surface area contributed by atoms with Crippen LogP contribution in [0, 0.1) is 0 Å². The van der Waals surface area contributed by atoms with E-state index < -0.39 is 6.37 Å². The largest absolute Gasteiger partial charge is 0.103 e. The minimum Gasteiger partial charge on any atom is -0.103 e. The van der Waals surface area contributed by atoms with Crippen molar-refractivity contribution >= 4 is 15.9 Å². The van der Waals surface area contributed by atoms with E-state index in [4.69, 9.17) is 2.74 Å². The van der Waals surface area contributed by atoms with Crippen molar-refractivity contribution in [2.45, 2.75) is 25.6 Å². The van der Waals surface area contributed by atoms with Crippen molar-refractivity contribution in [3.8, 4) is 0 Å². The number of hydrogen-bond acceptors (Lipinski definition) is 0. The van der Waals surface area contributed by atoms with E-state index in [-0.39, 0.29) is 0 Å². The molecule has 0 spiro atoms. The second-order valence-corrected chi connectivity index (χ2v) is 2.35. The Morgan fingerprint density at radius 3 is 2.75 bits per heavy atom. The predicted octanol–water partition coefficient (Wildman–Crippen LogP) is 3.13. The van der Waals surface area contributed by atoms with Crippen molar-refractivity contribution < 1.29 is 2.74 Å². The van der Waals surface area contributed by atoms with Crippen LogP contribution in [0.25, 0.3) is 0 Å². The first-order chi connectivity index (χ1) is 4.62. The van der Waals surface area contributed by atoms with E-state index in [2.05, 4.69) is 22.5 Å². The van der Waals surface area contributed by atoms with Gasteiger partial charge in [0.1, 0.15) is 0 Å². The highest BCUT2D eigenvalue weighted by Crippen LogP contribution is 2.01. The van der Waals surface area contributed by atoms with Crippen molar-refractivity contribution in [3.63, 3.8) is 0 Å². The predicted molar refractivity (Wildman–Crippen MR) is 42.5 cm³/mol. The summed E-state index contributed by atoms with van der Waals surface area (Å²) in [5.41, 5.74) is 0. The van der Waals surface area contributed by atoms with Crippen molar-refractivity contribution in [2.75, 3.05) is 5.33 Å². The molecule has 0 fully saturated rings. The zero-order valence-corrected chi connectivity index (χ0v) is 6.58. The van der Waals surface area contributed by atoms with Gasteiger partial charge in [0.05, 0.1) is 0 Å². The van der Waals surface area contributed by atoms with Crippen LogP contribution in [0.15, 0.2) is 12.7 Å². The fraction of sp³-hybridized carbons (Fsp3) is 0.714. The Bertz CT molecular complexity index is 102. The topological polar surface area (TPSA) is 0 Å². The third kappa shape index (κ3) is 6.22. The maximum Gasteiger partial charge on any atom is 0.0310 e. The smallest absolute Gasteiger partial charge is 0.0310 e. The number of allylic oxidation sites excluding steroid dienone is 1. The highest BCUT2D eigenvalue weighted by molar-refractivity contribution is 9.09. The van der Waals surface area contributed by atoms with Crippen LogP contribution < -0.4 is 0 Å². The lowest BCUT2D eigenvalue weighted by Crippen LogP contribution is -1.74. The van der Waals surface area contributed by atoms with Gasteiger partial charge in [0.15, 0.2) is 0 Å². The molecule has 0 rings (SSSR count). The second kappa shape index (κ2) is 7.22. The fourth-order valence-electron chi connectivity index (χ4n) is 0.424. The molecule has 0 bridgehead atoms. The molecule has 48 valence electrons. The van der Waals surface area contributed by atoms with E-state index in [1.807, 2.05) is 0 Å². The molecule has 0 atom stereocenters. The number of halogens is 1. The van der Waals surface area contributed by atoms with Gasteiger partial charge in [-0.1, -0.05) is 28.4 Å².